The van der Waals surface area contributed by atoms with E-state index in [1.165, 1.54) is 12.8 Å². The second kappa shape index (κ2) is 5.17. The van der Waals surface area contributed by atoms with E-state index >= 15 is 0 Å². The van der Waals surface area contributed by atoms with Crippen LogP contribution in [0.3, 0.4) is 0 Å². The summed E-state index contributed by atoms with van der Waals surface area (Å²) in [5.41, 5.74) is 5.79. The van der Waals surface area contributed by atoms with Crippen LogP contribution in [0.5, 0.6) is 0 Å². The number of hydrogen-bond acceptors (Lipinski definition) is 3. The number of benzene rings is 1. The molecule has 1 fully saturated rings. The highest BCUT2D eigenvalue weighted by Crippen LogP contribution is 2.30. The Bertz CT molecular complexity index is 350. The molecule has 0 spiro atoms. The molecule has 1 aliphatic carbocycles. The normalized spacial score (nSPS) is 19.3. The van der Waals surface area contributed by atoms with E-state index in [0.29, 0.717) is 12.6 Å². The molecule has 0 aliphatic heterocycles. The zero-order chi connectivity index (χ0) is 12.3. The van der Waals surface area contributed by atoms with Crippen molar-refractivity contribution in [2.45, 2.75) is 31.4 Å². The second-order valence-corrected chi connectivity index (χ2v) is 4.90. The van der Waals surface area contributed by atoms with E-state index in [9.17, 15) is 5.11 Å². The van der Waals surface area contributed by atoms with Gasteiger partial charge in [0.05, 0.1) is 0 Å². The quantitative estimate of drug-likeness (QED) is 0.780. The van der Waals surface area contributed by atoms with Gasteiger partial charge in [0.1, 0.15) is 5.60 Å². The number of hydrogen-bond donors (Lipinski definition) is 2. The Labute approximate surface area is 103 Å². The molecule has 0 amide bonds. The molecule has 1 atom stereocenters. The molecule has 1 unspecified atom stereocenters. The largest absolute Gasteiger partial charge is 0.382 e. The second-order valence-electron chi connectivity index (χ2n) is 4.90. The van der Waals surface area contributed by atoms with Crippen molar-refractivity contribution in [1.82, 2.24) is 4.90 Å². The van der Waals surface area contributed by atoms with E-state index < -0.39 is 5.60 Å². The van der Waals surface area contributed by atoms with Gasteiger partial charge in [0.15, 0.2) is 0 Å². The van der Waals surface area contributed by atoms with Crippen LogP contribution in [0.4, 0.5) is 0 Å². The van der Waals surface area contributed by atoms with Crippen molar-refractivity contribution in [2.24, 2.45) is 5.73 Å². The van der Waals surface area contributed by atoms with Crippen molar-refractivity contribution >= 4 is 0 Å². The predicted molar refractivity (Wildman–Crippen MR) is 69.7 cm³/mol. The van der Waals surface area contributed by atoms with E-state index in [1.54, 1.807) is 0 Å². The third-order valence-corrected chi connectivity index (χ3v) is 3.58. The maximum Gasteiger partial charge on any atom is 0.114 e. The minimum absolute atomic E-state index is 0.264. The Hall–Kier alpha value is -0.900. The molecule has 3 heteroatoms. The van der Waals surface area contributed by atoms with Gasteiger partial charge in [-0.2, -0.15) is 0 Å². The van der Waals surface area contributed by atoms with Gasteiger partial charge in [-0.25, -0.2) is 0 Å². The van der Waals surface area contributed by atoms with Gasteiger partial charge in [-0.1, -0.05) is 37.3 Å². The Kier molecular flexibility index (Phi) is 3.82. The van der Waals surface area contributed by atoms with Crippen molar-refractivity contribution in [3.63, 3.8) is 0 Å². The smallest absolute Gasteiger partial charge is 0.114 e. The molecule has 2 rings (SSSR count). The summed E-state index contributed by atoms with van der Waals surface area (Å²) >= 11 is 0. The first-order chi connectivity index (χ1) is 8.19. The van der Waals surface area contributed by atoms with E-state index in [1.807, 2.05) is 30.3 Å². The number of nitrogens with zero attached hydrogens (tertiary/aromatic N) is 1. The van der Waals surface area contributed by atoms with Crippen molar-refractivity contribution in [2.75, 3.05) is 19.6 Å². The molecule has 0 heterocycles. The summed E-state index contributed by atoms with van der Waals surface area (Å²) in [6, 6.07) is 10.4. The van der Waals surface area contributed by atoms with Crippen LogP contribution in [0.1, 0.15) is 25.3 Å². The highest BCUT2D eigenvalue weighted by molar-refractivity contribution is 5.23. The summed E-state index contributed by atoms with van der Waals surface area (Å²) in [5, 5.41) is 10.7. The molecular weight excluding hydrogens is 212 g/mol. The molecule has 0 aromatic heterocycles. The third-order valence-electron chi connectivity index (χ3n) is 3.58. The van der Waals surface area contributed by atoms with Gasteiger partial charge in [-0.15, -0.1) is 0 Å². The number of likely N-dealkylation sites (N-methyl/N-ethyl adjacent to an activating group) is 1. The molecule has 1 aliphatic rings. The zero-order valence-electron chi connectivity index (χ0n) is 10.5. The van der Waals surface area contributed by atoms with Gasteiger partial charge < -0.3 is 10.8 Å². The molecule has 94 valence electrons. The molecule has 17 heavy (non-hydrogen) atoms. The number of rotatable bonds is 6. The highest BCUT2D eigenvalue weighted by Gasteiger charge is 2.35. The van der Waals surface area contributed by atoms with Gasteiger partial charge in [-0.3, -0.25) is 4.90 Å². The lowest BCUT2D eigenvalue weighted by molar-refractivity contribution is 0.00570. The van der Waals surface area contributed by atoms with Crippen LogP contribution in [0.15, 0.2) is 30.3 Å². The van der Waals surface area contributed by atoms with Crippen molar-refractivity contribution in [3.05, 3.63) is 35.9 Å². The van der Waals surface area contributed by atoms with Gasteiger partial charge in [0.2, 0.25) is 0 Å². The average molecular weight is 234 g/mol. The first-order valence-corrected chi connectivity index (χ1v) is 6.41. The standard InChI is InChI=1S/C14H22N2O/c1-2-16(13-8-9-13)11-14(17,10-15)12-6-4-3-5-7-12/h3-7,13,17H,2,8-11,15H2,1H3. The zero-order valence-corrected chi connectivity index (χ0v) is 10.5. The minimum Gasteiger partial charge on any atom is -0.382 e. The summed E-state index contributed by atoms with van der Waals surface area (Å²) in [5.74, 6) is 0. The summed E-state index contributed by atoms with van der Waals surface area (Å²) in [6.07, 6.45) is 2.51. The fourth-order valence-corrected chi connectivity index (χ4v) is 2.30. The molecule has 0 radical (unpaired) electrons. The van der Waals surface area contributed by atoms with E-state index in [4.69, 9.17) is 5.73 Å². The molecular formula is C14H22N2O. The summed E-state index contributed by atoms with van der Waals surface area (Å²) < 4.78 is 0. The summed E-state index contributed by atoms with van der Waals surface area (Å²) in [7, 11) is 0. The molecule has 1 aromatic carbocycles. The van der Waals surface area contributed by atoms with Crippen molar-refractivity contribution in [3.8, 4) is 0 Å². The topological polar surface area (TPSA) is 49.5 Å². The molecule has 3 N–H and O–H groups in total. The maximum atomic E-state index is 10.7. The Balaban J connectivity index is 2.13. The number of aliphatic hydroxyl groups is 1. The van der Waals surface area contributed by atoms with Gasteiger partial charge >= 0.3 is 0 Å². The summed E-state index contributed by atoms with van der Waals surface area (Å²) in [6.45, 7) is 4.01. The van der Waals surface area contributed by atoms with Crippen molar-refractivity contribution in [1.29, 1.82) is 0 Å². The first-order valence-electron chi connectivity index (χ1n) is 6.41. The van der Waals surface area contributed by atoms with Crippen molar-refractivity contribution < 1.29 is 5.11 Å². The lowest BCUT2D eigenvalue weighted by atomic mass is 9.93. The predicted octanol–water partition coefficient (Wildman–Crippen LogP) is 1.32. The third kappa shape index (κ3) is 2.86. The van der Waals surface area contributed by atoms with E-state index in [2.05, 4.69) is 11.8 Å². The van der Waals surface area contributed by atoms with Crippen LogP contribution in [0.2, 0.25) is 0 Å². The molecule has 0 bridgehead atoms. The Morgan fingerprint density at radius 3 is 2.47 bits per heavy atom. The van der Waals surface area contributed by atoms with Crippen LogP contribution in [0, 0.1) is 0 Å². The maximum absolute atomic E-state index is 10.7. The molecule has 0 saturated heterocycles. The Morgan fingerprint density at radius 2 is 2.00 bits per heavy atom. The van der Waals surface area contributed by atoms with Crippen LogP contribution >= 0.6 is 0 Å². The lowest BCUT2D eigenvalue weighted by Crippen LogP contribution is -2.46. The Morgan fingerprint density at radius 1 is 1.35 bits per heavy atom. The van der Waals surface area contributed by atoms with Crippen LogP contribution in [-0.2, 0) is 5.60 Å². The average Bonchev–Trinajstić information content (AvgIpc) is 3.21. The van der Waals surface area contributed by atoms with E-state index in [0.717, 1.165) is 12.1 Å². The lowest BCUT2D eigenvalue weighted by Gasteiger charge is -2.33. The number of nitrogens with two attached hydrogens (primary N) is 1. The van der Waals surface area contributed by atoms with E-state index in [-0.39, 0.29) is 6.54 Å². The van der Waals surface area contributed by atoms with Gasteiger partial charge in [-0.05, 0) is 24.9 Å². The molecule has 1 aromatic rings. The van der Waals surface area contributed by atoms with Gasteiger partial charge in [0, 0.05) is 19.1 Å². The first kappa shape index (κ1) is 12.6. The monoisotopic (exact) mass is 234 g/mol. The highest BCUT2D eigenvalue weighted by atomic mass is 16.3. The van der Waals surface area contributed by atoms with Crippen LogP contribution in [-0.4, -0.2) is 35.7 Å². The fraction of sp³-hybridized carbons (Fsp3) is 0.571. The van der Waals surface area contributed by atoms with Crippen LogP contribution < -0.4 is 5.73 Å². The van der Waals surface area contributed by atoms with Gasteiger partial charge in [0.25, 0.3) is 0 Å². The van der Waals surface area contributed by atoms with Crippen LogP contribution in [0.25, 0.3) is 0 Å². The minimum atomic E-state index is -0.917. The molecule has 1 saturated carbocycles. The fourth-order valence-electron chi connectivity index (χ4n) is 2.30. The SMILES string of the molecule is CCN(CC(O)(CN)c1ccccc1)C1CC1. The molecule has 3 nitrogen and oxygen atoms in total. The summed E-state index contributed by atoms with van der Waals surface area (Å²) in [4.78, 5) is 2.33.